The van der Waals surface area contributed by atoms with Crippen LogP contribution in [0.3, 0.4) is 0 Å². The standard InChI is InChI=1S/C19H29N3O2/c1-3-7-16-14-15(9-13-24-16)19(23)21(2)17-8-6-10-20-18(17)22-11-4-5-12-22/h6,8,10,15-16H,3-5,7,9,11-14H2,1-2H3/t15-,16+/m1/s1. The van der Waals surface area contributed by atoms with Gasteiger partial charge in [-0.05, 0) is 44.2 Å². The molecule has 24 heavy (non-hydrogen) atoms. The van der Waals surface area contributed by atoms with Crippen molar-refractivity contribution in [3.8, 4) is 0 Å². The number of carbonyl (C=O) groups is 1. The number of carbonyl (C=O) groups excluding carboxylic acids is 1. The topological polar surface area (TPSA) is 45.7 Å². The zero-order valence-electron chi connectivity index (χ0n) is 14.9. The Hall–Kier alpha value is -1.62. The lowest BCUT2D eigenvalue weighted by Gasteiger charge is -2.32. The summed E-state index contributed by atoms with van der Waals surface area (Å²) >= 11 is 0. The molecular weight excluding hydrogens is 302 g/mol. The molecule has 1 amide bonds. The summed E-state index contributed by atoms with van der Waals surface area (Å²) in [6.07, 6.45) is 8.26. The molecule has 2 atom stereocenters. The van der Waals surface area contributed by atoms with E-state index < -0.39 is 0 Å². The predicted octanol–water partition coefficient (Wildman–Crippen LogP) is 3.24. The Balaban J connectivity index is 1.73. The molecule has 2 saturated heterocycles. The number of aromatic nitrogens is 1. The first-order valence-corrected chi connectivity index (χ1v) is 9.29. The minimum absolute atomic E-state index is 0.0620. The van der Waals surface area contributed by atoms with Crippen molar-refractivity contribution < 1.29 is 9.53 Å². The van der Waals surface area contributed by atoms with Crippen LogP contribution in [0.15, 0.2) is 18.3 Å². The van der Waals surface area contributed by atoms with Crippen LogP contribution < -0.4 is 9.80 Å². The number of nitrogens with zero attached hydrogens (tertiary/aromatic N) is 3. The van der Waals surface area contributed by atoms with E-state index in [4.69, 9.17) is 4.74 Å². The summed E-state index contributed by atoms with van der Waals surface area (Å²) in [7, 11) is 1.89. The van der Waals surface area contributed by atoms with Crippen LogP contribution in [0.25, 0.3) is 0 Å². The molecule has 0 bridgehead atoms. The number of hydrogen-bond acceptors (Lipinski definition) is 4. The van der Waals surface area contributed by atoms with Crippen LogP contribution in [0.1, 0.15) is 45.4 Å². The van der Waals surface area contributed by atoms with Gasteiger partial charge in [-0.3, -0.25) is 4.79 Å². The van der Waals surface area contributed by atoms with Gasteiger partial charge >= 0.3 is 0 Å². The molecule has 0 spiro atoms. The predicted molar refractivity (Wildman–Crippen MR) is 96.5 cm³/mol. The van der Waals surface area contributed by atoms with Gasteiger partial charge in [0.15, 0.2) is 5.82 Å². The fourth-order valence-corrected chi connectivity index (χ4v) is 3.84. The summed E-state index contributed by atoms with van der Waals surface area (Å²) in [6.45, 7) is 4.92. The molecule has 3 rings (SSSR count). The highest BCUT2D eigenvalue weighted by atomic mass is 16.5. The molecule has 0 N–H and O–H groups in total. The largest absolute Gasteiger partial charge is 0.378 e. The van der Waals surface area contributed by atoms with Crippen molar-refractivity contribution in [3.63, 3.8) is 0 Å². The molecule has 0 unspecified atom stereocenters. The van der Waals surface area contributed by atoms with Gasteiger partial charge < -0.3 is 14.5 Å². The third kappa shape index (κ3) is 3.72. The Labute approximate surface area is 145 Å². The first-order chi connectivity index (χ1) is 11.7. The highest BCUT2D eigenvalue weighted by Crippen LogP contribution is 2.32. The molecule has 5 nitrogen and oxygen atoms in total. The molecule has 132 valence electrons. The smallest absolute Gasteiger partial charge is 0.230 e. The van der Waals surface area contributed by atoms with E-state index in [-0.39, 0.29) is 17.9 Å². The van der Waals surface area contributed by atoms with Crippen LogP contribution >= 0.6 is 0 Å². The number of rotatable bonds is 5. The lowest BCUT2D eigenvalue weighted by molar-refractivity contribution is -0.127. The van der Waals surface area contributed by atoms with E-state index in [9.17, 15) is 4.79 Å². The number of hydrogen-bond donors (Lipinski definition) is 0. The van der Waals surface area contributed by atoms with Crippen molar-refractivity contribution >= 4 is 17.4 Å². The van der Waals surface area contributed by atoms with E-state index in [1.54, 1.807) is 0 Å². The summed E-state index contributed by atoms with van der Waals surface area (Å²) in [6, 6.07) is 3.93. The van der Waals surface area contributed by atoms with Gasteiger partial charge in [0, 0.05) is 38.9 Å². The lowest BCUT2D eigenvalue weighted by atomic mass is 9.92. The van der Waals surface area contributed by atoms with Gasteiger partial charge in [-0.25, -0.2) is 4.98 Å². The molecule has 3 heterocycles. The van der Waals surface area contributed by atoms with E-state index >= 15 is 0 Å². The molecule has 0 radical (unpaired) electrons. The van der Waals surface area contributed by atoms with Gasteiger partial charge in [0.05, 0.1) is 11.8 Å². The normalized spacial score (nSPS) is 24.2. The van der Waals surface area contributed by atoms with Gasteiger partial charge in [0.25, 0.3) is 0 Å². The first-order valence-electron chi connectivity index (χ1n) is 9.29. The first kappa shape index (κ1) is 17.2. The van der Waals surface area contributed by atoms with Crippen LogP contribution in [-0.4, -0.2) is 43.7 Å². The maximum absolute atomic E-state index is 13.0. The number of pyridine rings is 1. The molecular formula is C19H29N3O2. The summed E-state index contributed by atoms with van der Waals surface area (Å²) in [5.41, 5.74) is 0.933. The maximum Gasteiger partial charge on any atom is 0.230 e. The average molecular weight is 331 g/mol. The van der Waals surface area contributed by atoms with Crippen molar-refractivity contribution in [3.05, 3.63) is 18.3 Å². The minimum atomic E-state index is 0.0620. The Kier molecular flexibility index (Phi) is 5.72. The quantitative estimate of drug-likeness (QED) is 0.831. The second kappa shape index (κ2) is 7.97. The Morgan fingerprint density at radius 1 is 1.42 bits per heavy atom. The summed E-state index contributed by atoms with van der Waals surface area (Å²) in [4.78, 5) is 21.7. The van der Waals surface area contributed by atoms with Crippen molar-refractivity contribution in [2.24, 2.45) is 5.92 Å². The second-order valence-corrected chi connectivity index (χ2v) is 6.94. The van der Waals surface area contributed by atoms with Gasteiger partial charge in [-0.1, -0.05) is 13.3 Å². The number of amides is 1. The van der Waals surface area contributed by atoms with Crippen molar-refractivity contribution in [2.75, 3.05) is 36.5 Å². The Bertz CT molecular complexity index is 555. The highest BCUT2D eigenvalue weighted by Gasteiger charge is 2.31. The third-order valence-electron chi connectivity index (χ3n) is 5.19. The van der Waals surface area contributed by atoms with Gasteiger partial charge in [0.1, 0.15) is 0 Å². The summed E-state index contributed by atoms with van der Waals surface area (Å²) in [5.74, 6) is 1.21. The van der Waals surface area contributed by atoms with E-state index in [2.05, 4.69) is 16.8 Å². The van der Waals surface area contributed by atoms with Crippen LogP contribution in [0.5, 0.6) is 0 Å². The highest BCUT2D eigenvalue weighted by molar-refractivity contribution is 5.97. The van der Waals surface area contributed by atoms with E-state index in [0.717, 1.165) is 50.3 Å². The van der Waals surface area contributed by atoms with Crippen LogP contribution in [0.2, 0.25) is 0 Å². The SMILES string of the molecule is CCC[C@H]1C[C@H](C(=O)N(C)c2cccnc2N2CCCC2)CCO1. The maximum atomic E-state index is 13.0. The Morgan fingerprint density at radius 3 is 2.96 bits per heavy atom. The molecule has 1 aromatic rings. The van der Waals surface area contributed by atoms with Gasteiger partial charge in [0.2, 0.25) is 5.91 Å². The zero-order chi connectivity index (χ0) is 16.9. The molecule has 0 aliphatic carbocycles. The summed E-state index contributed by atoms with van der Waals surface area (Å²) in [5, 5.41) is 0. The monoisotopic (exact) mass is 331 g/mol. The van der Waals surface area contributed by atoms with Gasteiger partial charge in [-0.15, -0.1) is 0 Å². The van der Waals surface area contributed by atoms with Crippen molar-refractivity contribution in [1.82, 2.24) is 4.98 Å². The molecule has 0 aromatic carbocycles. The molecule has 2 aliphatic rings. The molecule has 2 aliphatic heterocycles. The van der Waals surface area contributed by atoms with Crippen LogP contribution in [0.4, 0.5) is 11.5 Å². The molecule has 5 heteroatoms. The van der Waals surface area contributed by atoms with Crippen LogP contribution in [-0.2, 0) is 9.53 Å². The van der Waals surface area contributed by atoms with E-state index in [1.165, 1.54) is 12.8 Å². The fourth-order valence-electron chi connectivity index (χ4n) is 3.84. The van der Waals surface area contributed by atoms with Crippen LogP contribution in [0, 0.1) is 5.92 Å². The summed E-state index contributed by atoms with van der Waals surface area (Å²) < 4.78 is 5.80. The third-order valence-corrected chi connectivity index (χ3v) is 5.19. The molecule has 0 saturated carbocycles. The van der Waals surface area contributed by atoms with E-state index in [1.807, 2.05) is 30.3 Å². The van der Waals surface area contributed by atoms with E-state index in [0.29, 0.717) is 6.61 Å². The van der Waals surface area contributed by atoms with Crippen molar-refractivity contribution in [2.45, 2.75) is 51.6 Å². The van der Waals surface area contributed by atoms with Crippen molar-refractivity contribution in [1.29, 1.82) is 0 Å². The molecule has 1 aromatic heterocycles. The number of ether oxygens (including phenoxy) is 1. The zero-order valence-corrected chi connectivity index (χ0v) is 14.9. The lowest BCUT2D eigenvalue weighted by Crippen LogP contribution is -2.39. The fraction of sp³-hybridized carbons (Fsp3) is 0.684. The minimum Gasteiger partial charge on any atom is -0.378 e. The Morgan fingerprint density at radius 2 is 2.21 bits per heavy atom. The second-order valence-electron chi connectivity index (χ2n) is 6.94. The average Bonchev–Trinajstić information content (AvgIpc) is 3.15. The van der Waals surface area contributed by atoms with Gasteiger partial charge in [-0.2, -0.15) is 0 Å². The molecule has 2 fully saturated rings. The number of anilines is 2.